The van der Waals surface area contributed by atoms with Crippen LogP contribution in [-0.2, 0) is 19.1 Å². The van der Waals surface area contributed by atoms with Gasteiger partial charge in [-0.2, -0.15) is 5.10 Å². The smallest absolute Gasteiger partial charge is 0.355 e. The Labute approximate surface area is 133 Å². The van der Waals surface area contributed by atoms with Gasteiger partial charge in [0.1, 0.15) is 0 Å². The number of nitrogen functional groups attached to an aromatic ring is 1. The SMILES string of the molecule is CCOC(=O)C/C(=N\NC(=O)c1ccccc1N)C(=O)OCC. The number of ether oxygens (including phenoxy) is 2. The van der Waals surface area contributed by atoms with Crippen molar-refractivity contribution in [3.05, 3.63) is 29.8 Å². The Morgan fingerprint density at radius 3 is 2.39 bits per heavy atom. The minimum absolute atomic E-state index is 0.111. The molecule has 8 nitrogen and oxygen atoms in total. The number of carbonyl (C=O) groups excluding carboxylic acids is 3. The second-order valence-electron chi connectivity index (χ2n) is 4.29. The molecule has 0 aliphatic heterocycles. The van der Waals surface area contributed by atoms with E-state index >= 15 is 0 Å². The zero-order chi connectivity index (χ0) is 17.2. The molecule has 0 fully saturated rings. The van der Waals surface area contributed by atoms with Gasteiger partial charge in [0.15, 0.2) is 5.71 Å². The summed E-state index contributed by atoms with van der Waals surface area (Å²) in [7, 11) is 0. The van der Waals surface area contributed by atoms with Crippen LogP contribution in [0.15, 0.2) is 29.4 Å². The Kier molecular flexibility index (Phi) is 7.25. The summed E-state index contributed by atoms with van der Waals surface area (Å²) in [5.41, 5.74) is 8.08. The number of benzene rings is 1. The fourth-order valence-electron chi connectivity index (χ4n) is 1.60. The van der Waals surface area contributed by atoms with Crippen LogP contribution in [0.1, 0.15) is 30.6 Å². The molecule has 0 unspecified atom stereocenters. The number of carbonyl (C=O) groups is 3. The summed E-state index contributed by atoms with van der Waals surface area (Å²) in [5.74, 6) is -2.05. The van der Waals surface area contributed by atoms with Gasteiger partial charge in [-0.05, 0) is 26.0 Å². The van der Waals surface area contributed by atoms with Crippen molar-refractivity contribution in [3.8, 4) is 0 Å². The molecule has 23 heavy (non-hydrogen) atoms. The van der Waals surface area contributed by atoms with Crippen LogP contribution in [0.3, 0.4) is 0 Å². The summed E-state index contributed by atoms with van der Waals surface area (Å²) in [4.78, 5) is 35.2. The summed E-state index contributed by atoms with van der Waals surface area (Å²) in [6.45, 7) is 3.53. The minimum atomic E-state index is -0.804. The highest BCUT2D eigenvalue weighted by Gasteiger charge is 2.19. The number of esters is 2. The van der Waals surface area contributed by atoms with Crippen molar-refractivity contribution in [1.82, 2.24) is 5.43 Å². The van der Waals surface area contributed by atoms with Gasteiger partial charge in [0, 0.05) is 5.69 Å². The summed E-state index contributed by atoms with van der Waals surface area (Å²) in [6.07, 6.45) is -0.406. The lowest BCUT2D eigenvalue weighted by atomic mass is 10.2. The van der Waals surface area contributed by atoms with E-state index in [9.17, 15) is 14.4 Å². The molecule has 0 atom stereocenters. The lowest BCUT2D eigenvalue weighted by molar-refractivity contribution is -0.143. The van der Waals surface area contributed by atoms with Crippen LogP contribution in [0.4, 0.5) is 5.69 Å². The van der Waals surface area contributed by atoms with Crippen LogP contribution in [0.5, 0.6) is 0 Å². The maximum absolute atomic E-state index is 12.0. The monoisotopic (exact) mass is 321 g/mol. The minimum Gasteiger partial charge on any atom is -0.466 e. The number of hydrazone groups is 1. The normalized spacial score (nSPS) is 10.8. The highest BCUT2D eigenvalue weighted by molar-refractivity contribution is 6.39. The first-order valence-corrected chi connectivity index (χ1v) is 7.03. The van der Waals surface area contributed by atoms with E-state index in [-0.39, 0.29) is 30.2 Å². The number of nitrogens with two attached hydrogens (primary N) is 1. The van der Waals surface area contributed by atoms with Crippen molar-refractivity contribution in [2.24, 2.45) is 5.10 Å². The van der Waals surface area contributed by atoms with Gasteiger partial charge < -0.3 is 15.2 Å². The molecule has 3 N–H and O–H groups in total. The molecule has 0 heterocycles. The highest BCUT2D eigenvalue weighted by atomic mass is 16.5. The molecule has 1 amide bonds. The zero-order valence-electron chi connectivity index (χ0n) is 13.0. The number of rotatable bonds is 7. The Balaban J connectivity index is 2.86. The van der Waals surface area contributed by atoms with Crippen LogP contribution < -0.4 is 11.2 Å². The molecule has 1 aromatic carbocycles. The first-order chi connectivity index (χ1) is 11.0. The zero-order valence-corrected chi connectivity index (χ0v) is 13.0. The molecular weight excluding hydrogens is 302 g/mol. The molecule has 0 aromatic heterocycles. The summed E-state index contributed by atoms with van der Waals surface area (Å²) in [6, 6.07) is 6.39. The van der Waals surface area contributed by atoms with Crippen LogP contribution in [0, 0.1) is 0 Å². The predicted octanol–water partition coefficient (Wildman–Crippen LogP) is 0.871. The molecule has 1 rings (SSSR count). The summed E-state index contributed by atoms with van der Waals surface area (Å²) in [5, 5.41) is 3.67. The Morgan fingerprint density at radius 1 is 1.13 bits per heavy atom. The number of hydrogen-bond donors (Lipinski definition) is 2. The number of nitrogens with one attached hydrogen (secondary N) is 1. The Morgan fingerprint density at radius 2 is 1.78 bits per heavy atom. The van der Waals surface area contributed by atoms with Gasteiger partial charge in [0.2, 0.25) is 0 Å². The molecule has 0 radical (unpaired) electrons. The van der Waals surface area contributed by atoms with Crippen LogP contribution in [0.25, 0.3) is 0 Å². The molecule has 0 saturated carbocycles. The Hall–Kier alpha value is -2.90. The second-order valence-corrected chi connectivity index (χ2v) is 4.29. The van der Waals surface area contributed by atoms with E-state index in [2.05, 4.69) is 10.5 Å². The highest BCUT2D eigenvalue weighted by Crippen LogP contribution is 2.09. The van der Waals surface area contributed by atoms with Gasteiger partial charge in [0.05, 0.1) is 25.2 Å². The van der Waals surface area contributed by atoms with E-state index < -0.39 is 24.3 Å². The van der Waals surface area contributed by atoms with Crippen LogP contribution in [0.2, 0.25) is 0 Å². The number of amides is 1. The first kappa shape index (κ1) is 18.1. The summed E-state index contributed by atoms with van der Waals surface area (Å²) >= 11 is 0. The van der Waals surface area contributed by atoms with E-state index in [1.807, 2.05) is 0 Å². The molecular formula is C15H19N3O5. The molecule has 124 valence electrons. The van der Waals surface area contributed by atoms with E-state index in [1.165, 1.54) is 6.07 Å². The third-order valence-corrected chi connectivity index (χ3v) is 2.63. The maximum atomic E-state index is 12.0. The van der Waals surface area contributed by atoms with Crippen molar-refractivity contribution < 1.29 is 23.9 Å². The number of anilines is 1. The van der Waals surface area contributed by atoms with Gasteiger partial charge >= 0.3 is 11.9 Å². The van der Waals surface area contributed by atoms with Gasteiger partial charge in [0.25, 0.3) is 5.91 Å². The van der Waals surface area contributed by atoms with Crippen LogP contribution >= 0.6 is 0 Å². The van der Waals surface area contributed by atoms with Crippen molar-refractivity contribution in [1.29, 1.82) is 0 Å². The molecule has 0 bridgehead atoms. The number of nitrogens with zero attached hydrogens (tertiary/aromatic N) is 1. The largest absolute Gasteiger partial charge is 0.466 e. The number of hydrogen-bond acceptors (Lipinski definition) is 7. The molecule has 0 aliphatic carbocycles. The van der Waals surface area contributed by atoms with Gasteiger partial charge in [-0.1, -0.05) is 12.1 Å². The first-order valence-electron chi connectivity index (χ1n) is 7.03. The summed E-state index contributed by atoms with van der Waals surface area (Å²) < 4.78 is 9.54. The molecule has 8 heteroatoms. The number of para-hydroxylation sites is 1. The topological polar surface area (TPSA) is 120 Å². The van der Waals surface area contributed by atoms with E-state index in [1.54, 1.807) is 32.0 Å². The third-order valence-electron chi connectivity index (χ3n) is 2.63. The molecule has 0 aliphatic rings. The Bertz CT molecular complexity index is 613. The third kappa shape index (κ3) is 5.77. The predicted molar refractivity (Wildman–Crippen MR) is 83.6 cm³/mol. The van der Waals surface area contributed by atoms with Crippen molar-refractivity contribution in [2.45, 2.75) is 20.3 Å². The lowest BCUT2D eigenvalue weighted by Gasteiger charge is -2.07. The fourth-order valence-corrected chi connectivity index (χ4v) is 1.60. The van der Waals surface area contributed by atoms with Gasteiger partial charge in [-0.25, -0.2) is 10.2 Å². The average molecular weight is 321 g/mol. The molecule has 0 saturated heterocycles. The molecule has 1 aromatic rings. The van der Waals surface area contributed by atoms with Gasteiger partial charge in [-0.3, -0.25) is 9.59 Å². The van der Waals surface area contributed by atoms with Crippen molar-refractivity contribution in [2.75, 3.05) is 18.9 Å². The molecule has 0 spiro atoms. The van der Waals surface area contributed by atoms with E-state index in [0.717, 1.165) is 0 Å². The van der Waals surface area contributed by atoms with Crippen LogP contribution in [-0.4, -0.2) is 36.8 Å². The lowest BCUT2D eigenvalue weighted by Crippen LogP contribution is -2.27. The maximum Gasteiger partial charge on any atom is 0.355 e. The van der Waals surface area contributed by atoms with Crippen molar-refractivity contribution >= 4 is 29.2 Å². The quantitative estimate of drug-likeness (QED) is 0.333. The second kappa shape index (κ2) is 9.19. The standard InChI is InChI=1S/C15H19N3O5/c1-3-22-13(19)9-12(15(21)23-4-2)17-18-14(20)10-7-5-6-8-11(10)16/h5-8H,3-4,9,16H2,1-2H3,(H,18,20)/b17-12+. The van der Waals surface area contributed by atoms with Gasteiger partial charge in [-0.15, -0.1) is 0 Å². The van der Waals surface area contributed by atoms with E-state index in [4.69, 9.17) is 15.2 Å². The van der Waals surface area contributed by atoms with Crippen molar-refractivity contribution in [3.63, 3.8) is 0 Å². The van der Waals surface area contributed by atoms with E-state index in [0.29, 0.717) is 0 Å². The fraction of sp³-hybridized carbons (Fsp3) is 0.333. The average Bonchev–Trinajstić information content (AvgIpc) is 2.52.